The predicted molar refractivity (Wildman–Crippen MR) is 61.0 cm³/mol. The zero-order valence-corrected chi connectivity index (χ0v) is 9.39. The minimum atomic E-state index is 1.02. The van der Waals surface area contributed by atoms with E-state index >= 15 is 0 Å². The highest BCUT2D eigenvalue weighted by Gasteiger charge is 2.15. The summed E-state index contributed by atoms with van der Waals surface area (Å²) in [6, 6.07) is 0. The van der Waals surface area contributed by atoms with Gasteiger partial charge in [0.15, 0.2) is 6.54 Å². The van der Waals surface area contributed by atoms with Crippen LogP contribution in [-0.4, -0.2) is 37.9 Å². The molecule has 0 bridgehead atoms. The number of nitrogens with zero attached hydrogens (tertiary/aromatic N) is 1. The van der Waals surface area contributed by atoms with Gasteiger partial charge in [0.05, 0.1) is 25.2 Å². The van der Waals surface area contributed by atoms with Crippen molar-refractivity contribution in [1.29, 1.82) is 0 Å². The molecule has 4 heteroatoms. The molecule has 2 heterocycles. The topological polar surface area (TPSA) is 55.0 Å². The van der Waals surface area contributed by atoms with Crippen LogP contribution >= 0.6 is 0 Å². The summed E-state index contributed by atoms with van der Waals surface area (Å²) in [5.74, 6) is 2.66. The lowest BCUT2D eigenvalue weighted by molar-refractivity contribution is -0.643. The van der Waals surface area contributed by atoms with E-state index in [-0.39, 0.29) is 0 Å². The number of hydrogen-bond acceptors (Lipinski definition) is 2. The first-order chi connectivity index (χ1) is 7.45. The van der Waals surface area contributed by atoms with Crippen molar-refractivity contribution in [2.45, 2.75) is 32.1 Å². The lowest BCUT2D eigenvalue weighted by Gasteiger charge is -2.13. The smallest absolute Gasteiger partial charge is 0.333 e. The quantitative estimate of drug-likeness (QED) is 0.494. The molecule has 0 spiro atoms. The lowest BCUT2D eigenvalue weighted by Crippen LogP contribution is -3.03. The summed E-state index contributed by atoms with van der Waals surface area (Å²) < 4.78 is 0. The van der Waals surface area contributed by atoms with Crippen LogP contribution in [0.1, 0.15) is 32.1 Å². The molecule has 84 valence electrons. The third-order valence-corrected chi connectivity index (χ3v) is 2.95. The highest BCUT2D eigenvalue weighted by molar-refractivity contribution is 5.83. The van der Waals surface area contributed by atoms with E-state index in [1.807, 2.05) is 0 Å². The maximum atomic E-state index is 4.48. The van der Waals surface area contributed by atoms with Crippen LogP contribution in [0.25, 0.3) is 0 Å². The van der Waals surface area contributed by atoms with Crippen LogP contribution in [0, 0.1) is 0 Å². The van der Waals surface area contributed by atoms with Crippen molar-refractivity contribution in [3.8, 4) is 0 Å². The monoisotopic (exact) mass is 210 g/mol. The Hall–Kier alpha value is -0.900. The fraction of sp³-hybridized carbons (Fsp3) is 0.818. The van der Waals surface area contributed by atoms with E-state index in [4.69, 9.17) is 0 Å². The number of nitrogens with one attached hydrogen (secondary N) is 2. The summed E-state index contributed by atoms with van der Waals surface area (Å²) in [6.07, 6.45) is 5.98. The summed E-state index contributed by atoms with van der Waals surface area (Å²) in [7, 11) is 0. The molecule has 0 aliphatic carbocycles. The van der Waals surface area contributed by atoms with Gasteiger partial charge in [0.2, 0.25) is 0 Å². The highest BCUT2D eigenvalue weighted by Crippen LogP contribution is 1.99. The maximum absolute atomic E-state index is 4.48. The molecular weight excluding hydrogens is 188 g/mol. The van der Waals surface area contributed by atoms with Crippen LogP contribution < -0.4 is 15.6 Å². The lowest BCUT2D eigenvalue weighted by atomic mass is 10.2. The second-order valence-corrected chi connectivity index (χ2v) is 4.26. The zero-order chi connectivity index (χ0) is 10.3. The first-order valence-electron chi connectivity index (χ1n) is 6.15. The fourth-order valence-electron chi connectivity index (χ4n) is 2.09. The van der Waals surface area contributed by atoms with Gasteiger partial charge in [0, 0.05) is 19.5 Å². The Morgan fingerprint density at radius 1 is 1.33 bits per heavy atom. The molecule has 0 unspecified atom stereocenters. The van der Waals surface area contributed by atoms with E-state index in [0.717, 1.165) is 26.1 Å². The normalized spacial score (nSPS) is 21.6. The summed E-state index contributed by atoms with van der Waals surface area (Å²) >= 11 is 0. The molecule has 0 atom stereocenters. The molecule has 0 saturated carbocycles. The predicted octanol–water partition coefficient (Wildman–Crippen LogP) is -2.01. The van der Waals surface area contributed by atoms with Gasteiger partial charge in [-0.15, -0.1) is 0 Å². The summed E-state index contributed by atoms with van der Waals surface area (Å²) in [5, 5.41) is 5.71. The first kappa shape index (κ1) is 10.6. The van der Waals surface area contributed by atoms with Crippen molar-refractivity contribution in [3.05, 3.63) is 0 Å². The Morgan fingerprint density at radius 2 is 2.33 bits per heavy atom. The number of quaternary nitrogens is 1. The van der Waals surface area contributed by atoms with Gasteiger partial charge < -0.3 is 5.32 Å². The third kappa shape index (κ3) is 3.63. The number of rotatable bonds is 4. The van der Waals surface area contributed by atoms with Gasteiger partial charge >= 0.3 is 5.84 Å². The largest absolute Gasteiger partial charge is 0.374 e. The van der Waals surface area contributed by atoms with Crippen molar-refractivity contribution in [1.82, 2.24) is 5.32 Å². The second-order valence-electron chi connectivity index (χ2n) is 4.26. The van der Waals surface area contributed by atoms with Crippen LogP contribution in [0.2, 0.25) is 0 Å². The van der Waals surface area contributed by atoms with E-state index in [1.54, 1.807) is 0 Å². The van der Waals surface area contributed by atoms with Crippen molar-refractivity contribution in [2.75, 3.05) is 26.2 Å². The number of aliphatic imine (C=N–C) groups is 1. The first-order valence-corrected chi connectivity index (χ1v) is 6.15. The standard InChI is InChI=1S/C11H20N4/c1(4-10-12-6-2-7-13-10)5-11-14-8-3-9-15-11/h1-9H2,(H,12,13)(H,14,15)/p+2. The molecule has 0 aromatic carbocycles. The van der Waals surface area contributed by atoms with Gasteiger partial charge in [-0.05, 0) is 12.8 Å². The van der Waals surface area contributed by atoms with E-state index in [9.17, 15) is 0 Å². The molecule has 4 nitrogen and oxygen atoms in total. The summed E-state index contributed by atoms with van der Waals surface area (Å²) in [6.45, 7) is 4.54. The summed E-state index contributed by atoms with van der Waals surface area (Å²) in [5.41, 5.74) is 0. The molecule has 0 fully saturated rings. The van der Waals surface area contributed by atoms with Crippen molar-refractivity contribution in [3.63, 3.8) is 0 Å². The molecule has 0 aromatic heterocycles. The molecule has 0 saturated heterocycles. The van der Waals surface area contributed by atoms with Crippen LogP contribution in [0.3, 0.4) is 0 Å². The Morgan fingerprint density at radius 3 is 3.07 bits per heavy atom. The summed E-state index contributed by atoms with van der Waals surface area (Å²) in [4.78, 5) is 7.94. The average molecular weight is 210 g/mol. The molecule has 0 radical (unpaired) electrons. The third-order valence-electron chi connectivity index (χ3n) is 2.95. The molecular formula is C11H22N4+2. The molecule has 2 aliphatic rings. The van der Waals surface area contributed by atoms with E-state index in [1.165, 1.54) is 43.9 Å². The van der Waals surface area contributed by atoms with Crippen LogP contribution in [0.5, 0.6) is 0 Å². The fourth-order valence-corrected chi connectivity index (χ4v) is 2.09. The highest BCUT2D eigenvalue weighted by atomic mass is 15.0. The molecule has 0 aromatic rings. The average Bonchev–Trinajstić information content (AvgIpc) is 2.32. The second kappa shape index (κ2) is 5.85. The number of amidine groups is 2. The van der Waals surface area contributed by atoms with Crippen molar-refractivity contribution in [2.24, 2.45) is 4.99 Å². The zero-order valence-electron chi connectivity index (χ0n) is 9.39. The van der Waals surface area contributed by atoms with Crippen molar-refractivity contribution < 1.29 is 10.3 Å². The number of nitrogens with two attached hydrogens (primary N) is 1. The minimum absolute atomic E-state index is 1.02. The van der Waals surface area contributed by atoms with E-state index in [0.29, 0.717) is 0 Å². The van der Waals surface area contributed by atoms with E-state index in [2.05, 4.69) is 20.6 Å². The van der Waals surface area contributed by atoms with Crippen LogP contribution in [-0.2, 0) is 0 Å². The van der Waals surface area contributed by atoms with Crippen LogP contribution in [0.4, 0.5) is 0 Å². The maximum Gasteiger partial charge on any atom is 0.333 e. The van der Waals surface area contributed by atoms with Gasteiger partial charge in [0.25, 0.3) is 0 Å². The molecule has 0 amide bonds. The van der Waals surface area contributed by atoms with Crippen LogP contribution in [0.15, 0.2) is 4.99 Å². The molecule has 2 rings (SSSR count). The minimum Gasteiger partial charge on any atom is -0.374 e. The van der Waals surface area contributed by atoms with E-state index < -0.39 is 0 Å². The molecule has 15 heavy (non-hydrogen) atoms. The molecule has 4 N–H and O–H groups in total. The van der Waals surface area contributed by atoms with Gasteiger partial charge in [-0.25, -0.2) is 0 Å². The Labute approximate surface area is 91.3 Å². The number of hydrogen-bond donors (Lipinski definition) is 3. The van der Waals surface area contributed by atoms with Gasteiger partial charge in [0.1, 0.15) is 0 Å². The molecule has 2 aliphatic heterocycles. The van der Waals surface area contributed by atoms with Gasteiger partial charge in [-0.2, -0.15) is 4.99 Å². The Balaban J connectivity index is 1.65. The SMILES string of the molecule is C1CN=C(CCCC2=[NH+]CCC[NH2+]2)NC1. The van der Waals surface area contributed by atoms with Gasteiger partial charge in [-0.1, -0.05) is 0 Å². The Kier molecular flexibility index (Phi) is 4.14. The van der Waals surface area contributed by atoms with Gasteiger partial charge in [-0.3, -0.25) is 10.3 Å². The Bertz CT molecular complexity index is 231. The van der Waals surface area contributed by atoms with Crippen molar-refractivity contribution >= 4 is 11.7 Å².